The van der Waals surface area contributed by atoms with Crippen LogP contribution in [0, 0.1) is 0 Å². The summed E-state index contributed by atoms with van der Waals surface area (Å²) in [7, 11) is -3.19. The second-order valence-electron chi connectivity index (χ2n) is 4.07. The molecule has 0 unspecified atom stereocenters. The molecule has 0 bridgehead atoms. The fourth-order valence-corrected chi connectivity index (χ4v) is 1.99. The average molecular weight is 269 g/mol. The second-order valence-corrected chi connectivity index (χ2v) is 6.08. The summed E-state index contributed by atoms with van der Waals surface area (Å²) in [4.78, 5) is 0.261. The molecule has 0 aliphatic carbocycles. The largest absolute Gasteiger partial charge is 0.489 e. The van der Waals surface area contributed by atoms with Crippen molar-refractivity contribution in [3.05, 3.63) is 36.4 Å². The van der Waals surface area contributed by atoms with Crippen LogP contribution in [0.4, 0.5) is 0 Å². The molecule has 5 heteroatoms. The molecule has 1 N–H and O–H groups in total. The summed E-state index contributed by atoms with van der Waals surface area (Å²) in [6.07, 6.45) is 1.18. The Morgan fingerprint density at radius 1 is 1.44 bits per heavy atom. The highest BCUT2D eigenvalue weighted by molar-refractivity contribution is 7.90. The van der Waals surface area contributed by atoms with Crippen LogP contribution < -0.4 is 10.1 Å². The normalized spacial score (nSPS) is 11.2. The van der Waals surface area contributed by atoms with E-state index < -0.39 is 9.84 Å². The van der Waals surface area contributed by atoms with E-state index >= 15 is 0 Å². The lowest BCUT2D eigenvalue weighted by Crippen LogP contribution is -2.18. The minimum atomic E-state index is -3.19. The molecule has 100 valence electrons. The maximum absolute atomic E-state index is 11.4. The standard InChI is InChI=1S/C13H19NO3S/c1-4-14-9-11(2)10-17-12-6-5-7-13(8-12)18(3,15)16/h5-8,14H,2,4,9-10H2,1,3H3. The van der Waals surface area contributed by atoms with E-state index in [0.29, 0.717) is 18.9 Å². The molecule has 18 heavy (non-hydrogen) atoms. The number of hydrogen-bond donors (Lipinski definition) is 1. The fraction of sp³-hybridized carbons (Fsp3) is 0.385. The summed E-state index contributed by atoms with van der Waals surface area (Å²) in [5.41, 5.74) is 0.918. The molecule has 0 aromatic heterocycles. The van der Waals surface area contributed by atoms with E-state index in [2.05, 4.69) is 11.9 Å². The van der Waals surface area contributed by atoms with Crippen molar-refractivity contribution in [2.24, 2.45) is 0 Å². The summed E-state index contributed by atoms with van der Waals surface area (Å²) in [6.45, 7) is 7.84. The van der Waals surface area contributed by atoms with Crippen molar-refractivity contribution >= 4 is 9.84 Å². The van der Waals surface area contributed by atoms with E-state index in [1.165, 1.54) is 12.3 Å². The first kappa shape index (κ1) is 14.7. The zero-order chi connectivity index (χ0) is 13.6. The van der Waals surface area contributed by atoms with Gasteiger partial charge < -0.3 is 10.1 Å². The van der Waals surface area contributed by atoms with Crippen LogP contribution >= 0.6 is 0 Å². The van der Waals surface area contributed by atoms with Gasteiger partial charge in [0.15, 0.2) is 9.84 Å². The lowest BCUT2D eigenvalue weighted by molar-refractivity contribution is 0.347. The minimum absolute atomic E-state index is 0.261. The Morgan fingerprint density at radius 3 is 2.78 bits per heavy atom. The van der Waals surface area contributed by atoms with Crippen molar-refractivity contribution in [1.82, 2.24) is 5.32 Å². The van der Waals surface area contributed by atoms with Crippen LogP contribution in [-0.2, 0) is 9.84 Å². The Kier molecular flexibility index (Phi) is 5.37. The van der Waals surface area contributed by atoms with E-state index in [1.807, 2.05) is 6.92 Å². The lowest BCUT2D eigenvalue weighted by atomic mass is 10.3. The number of nitrogens with one attached hydrogen (secondary N) is 1. The number of rotatable bonds is 7. The first-order valence-corrected chi connectivity index (χ1v) is 7.63. The van der Waals surface area contributed by atoms with Crippen LogP contribution in [0.15, 0.2) is 41.3 Å². The van der Waals surface area contributed by atoms with Gasteiger partial charge in [0.1, 0.15) is 12.4 Å². The van der Waals surface area contributed by atoms with Gasteiger partial charge in [-0.1, -0.05) is 19.6 Å². The van der Waals surface area contributed by atoms with Gasteiger partial charge >= 0.3 is 0 Å². The van der Waals surface area contributed by atoms with Crippen molar-refractivity contribution in [3.8, 4) is 5.75 Å². The van der Waals surface area contributed by atoms with Crippen molar-refractivity contribution < 1.29 is 13.2 Å². The molecule has 0 spiro atoms. The zero-order valence-electron chi connectivity index (χ0n) is 10.8. The van der Waals surface area contributed by atoms with Gasteiger partial charge in [-0.25, -0.2) is 8.42 Å². The molecule has 0 aliphatic heterocycles. The number of benzene rings is 1. The molecule has 0 atom stereocenters. The Labute approximate surface area is 109 Å². The van der Waals surface area contributed by atoms with Gasteiger partial charge in [0.2, 0.25) is 0 Å². The molecule has 0 heterocycles. The van der Waals surface area contributed by atoms with Crippen LogP contribution in [0.3, 0.4) is 0 Å². The summed E-state index contributed by atoms with van der Waals surface area (Å²) in [6, 6.07) is 6.47. The van der Waals surface area contributed by atoms with Crippen molar-refractivity contribution in [2.45, 2.75) is 11.8 Å². The lowest BCUT2D eigenvalue weighted by Gasteiger charge is -2.09. The molecule has 0 amide bonds. The van der Waals surface area contributed by atoms with Crippen molar-refractivity contribution in [2.75, 3.05) is 26.0 Å². The molecular formula is C13H19NO3S. The third-order valence-electron chi connectivity index (χ3n) is 2.30. The summed E-state index contributed by atoms with van der Waals surface area (Å²) < 4.78 is 28.3. The van der Waals surface area contributed by atoms with Crippen LogP contribution in [0.2, 0.25) is 0 Å². The maximum Gasteiger partial charge on any atom is 0.175 e. The summed E-state index contributed by atoms with van der Waals surface area (Å²) >= 11 is 0. The predicted octanol–water partition coefficient (Wildman–Crippen LogP) is 1.63. The maximum atomic E-state index is 11.4. The van der Waals surface area contributed by atoms with Gasteiger partial charge in [-0.2, -0.15) is 0 Å². The third kappa shape index (κ3) is 4.89. The predicted molar refractivity (Wildman–Crippen MR) is 72.7 cm³/mol. The van der Waals surface area contributed by atoms with Gasteiger partial charge in [0.05, 0.1) is 4.90 Å². The number of likely N-dealkylation sites (N-methyl/N-ethyl adjacent to an activating group) is 1. The zero-order valence-corrected chi connectivity index (χ0v) is 11.6. The van der Waals surface area contributed by atoms with Gasteiger partial charge in [-0.05, 0) is 30.3 Å². The molecular weight excluding hydrogens is 250 g/mol. The van der Waals surface area contributed by atoms with Crippen LogP contribution in [0.1, 0.15) is 6.92 Å². The number of hydrogen-bond acceptors (Lipinski definition) is 4. The molecule has 4 nitrogen and oxygen atoms in total. The summed E-state index contributed by atoms with van der Waals surface area (Å²) in [5, 5.41) is 3.14. The van der Waals surface area contributed by atoms with Crippen LogP contribution in [0.5, 0.6) is 5.75 Å². The first-order valence-electron chi connectivity index (χ1n) is 5.73. The topological polar surface area (TPSA) is 55.4 Å². The third-order valence-corrected chi connectivity index (χ3v) is 3.41. The quantitative estimate of drug-likeness (QED) is 0.765. The molecule has 0 saturated heterocycles. The van der Waals surface area contributed by atoms with E-state index in [1.54, 1.807) is 18.2 Å². The van der Waals surface area contributed by atoms with E-state index in [0.717, 1.165) is 12.1 Å². The van der Waals surface area contributed by atoms with Crippen molar-refractivity contribution in [3.63, 3.8) is 0 Å². The Balaban J connectivity index is 2.61. The number of sulfone groups is 1. The molecule has 0 radical (unpaired) electrons. The van der Waals surface area contributed by atoms with Crippen molar-refractivity contribution in [1.29, 1.82) is 0 Å². The van der Waals surface area contributed by atoms with E-state index in [4.69, 9.17) is 4.74 Å². The monoisotopic (exact) mass is 269 g/mol. The molecule has 0 saturated carbocycles. The van der Waals surface area contributed by atoms with Gasteiger partial charge in [-0.15, -0.1) is 0 Å². The highest BCUT2D eigenvalue weighted by atomic mass is 32.2. The molecule has 0 aliphatic rings. The molecule has 1 aromatic carbocycles. The molecule has 1 rings (SSSR count). The minimum Gasteiger partial charge on any atom is -0.489 e. The van der Waals surface area contributed by atoms with E-state index in [9.17, 15) is 8.42 Å². The highest BCUT2D eigenvalue weighted by Gasteiger charge is 2.07. The Morgan fingerprint density at radius 2 is 2.17 bits per heavy atom. The average Bonchev–Trinajstić information content (AvgIpc) is 2.33. The SMILES string of the molecule is C=C(CNCC)COc1cccc(S(C)(=O)=O)c1. The molecule has 0 fully saturated rings. The first-order chi connectivity index (χ1) is 8.43. The van der Waals surface area contributed by atoms with Crippen LogP contribution in [0.25, 0.3) is 0 Å². The van der Waals surface area contributed by atoms with Gasteiger partial charge in [0, 0.05) is 12.8 Å². The Bertz CT molecular complexity index is 509. The second kappa shape index (κ2) is 6.56. The summed E-state index contributed by atoms with van der Waals surface area (Å²) in [5.74, 6) is 0.538. The molecule has 1 aromatic rings. The van der Waals surface area contributed by atoms with Gasteiger partial charge in [0.25, 0.3) is 0 Å². The van der Waals surface area contributed by atoms with Crippen LogP contribution in [-0.4, -0.2) is 34.4 Å². The Hall–Kier alpha value is -1.33. The van der Waals surface area contributed by atoms with Gasteiger partial charge in [-0.3, -0.25) is 0 Å². The smallest absolute Gasteiger partial charge is 0.175 e. The fourth-order valence-electron chi connectivity index (χ4n) is 1.33. The number of ether oxygens (including phenoxy) is 1. The highest BCUT2D eigenvalue weighted by Crippen LogP contribution is 2.17. The van der Waals surface area contributed by atoms with E-state index in [-0.39, 0.29) is 4.90 Å².